The maximum absolute atomic E-state index is 12.8. The Morgan fingerprint density at radius 1 is 1.16 bits per heavy atom. The molecule has 0 unspecified atom stereocenters. The third kappa shape index (κ3) is 2.96. The fourth-order valence-electron chi connectivity index (χ4n) is 3.59. The third-order valence-electron chi connectivity index (χ3n) is 5.14. The summed E-state index contributed by atoms with van der Waals surface area (Å²) in [5.41, 5.74) is 4.64. The van der Waals surface area contributed by atoms with Crippen LogP contribution in [0, 0.1) is 0 Å². The lowest BCUT2D eigenvalue weighted by atomic mass is 9.86. The van der Waals surface area contributed by atoms with Crippen LogP contribution in [0.15, 0.2) is 24.3 Å². The highest BCUT2D eigenvalue weighted by Crippen LogP contribution is 2.40. The highest BCUT2D eigenvalue weighted by atomic mass is 32.1. The van der Waals surface area contributed by atoms with Crippen molar-refractivity contribution in [2.75, 3.05) is 18.9 Å². The summed E-state index contributed by atoms with van der Waals surface area (Å²) in [6.07, 6.45) is 0.796. The van der Waals surface area contributed by atoms with Crippen molar-refractivity contribution >= 4 is 22.2 Å². The molecule has 3 heterocycles. The highest BCUT2D eigenvalue weighted by molar-refractivity contribution is 7.16. The Hall–Kier alpha value is -1.85. The molecule has 0 spiro atoms. The molecule has 2 aromatic rings. The lowest BCUT2D eigenvalue weighted by Gasteiger charge is -2.28. The summed E-state index contributed by atoms with van der Waals surface area (Å²) in [5.74, 6) is 0.0562. The monoisotopic (exact) mass is 355 g/mol. The Kier molecular flexibility index (Phi) is 3.89. The lowest BCUT2D eigenvalue weighted by molar-refractivity contribution is 0.0935. The Morgan fingerprint density at radius 3 is 2.56 bits per heavy atom. The van der Waals surface area contributed by atoms with Gasteiger partial charge in [-0.1, -0.05) is 45.0 Å². The van der Waals surface area contributed by atoms with Gasteiger partial charge >= 0.3 is 0 Å². The van der Waals surface area contributed by atoms with Gasteiger partial charge in [0.25, 0.3) is 5.91 Å². The van der Waals surface area contributed by atoms with Gasteiger partial charge in [0.2, 0.25) is 0 Å². The van der Waals surface area contributed by atoms with E-state index in [1.165, 1.54) is 16.0 Å². The number of thiophene rings is 1. The van der Waals surface area contributed by atoms with Crippen LogP contribution in [0.25, 0.3) is 0 Å². The number of nitrogens with zero attached hydrogens (tertiary/aromatic N) is 1. The summed E-state index contributed by atoms with van der Waals surface area (Å²) in [7, 11) is 2.13. The van der Waals surface area contributed by atoms with Crippen molar-refractivity contribution in [3.05, 3.63) is 51.4 Å². The number of nitrogens with one attached hydrogen (secondary N) is 2. The molecule has 0 fully saturated rings. The number of amides is 1. The van der Waals surface area contributed by atoms with E-state index in [1.807, 2.05) is 0 Å². The van der Waals surface area contributed by atoms with Crippen LogP contribution >= 0.6 is 11.3 Å². The van der Waals surface area contributed by atoms with Crippen molar-refractivity contribution < 1.29 is 4.79 Å². The van der Waals surface area contributed by atoms with Crippen molar-refractivity contribution in [1.29, 1.82) is 0 Å². The number of hydrogen-bond acceptors (Lipinski definition) is 4. The van der Waals surface area contributed by atoms with Crippen molar-refractivity contribution in [1.82, 2.24) is 10.2 Å². The first kappa shape index (κ1) is 16.6. The number of fused-ring (bicyclic) bond motifs is 3. The number of hydrogen-bond donors (Lipinski definition) is 2. The minimum atomic E-state index is -0.160. The van der Waals surface area contributed by atoms with Crippen LogP contribution < -0.4 is 10.6 Å². The average molecular weight is 356 g/mol. The summed E-state index contributed by atoms with van der Waals surface area (Å²) in [6, 6.07) is 8.55. The molecule has 4 nitrogen and oxygen atoms in total. The van der Waals surface area contributed by atoms with Crippen LogP contribution in [0.3, 0.4) is 0 Å². The molecule has 25 heavy (non-hydrogen) atoms. The summed E-state index contributed by atoms with van der Waals surface area (Å²) < 4.78 is 0. The zero-order chi connectivity index (χ0) is 17.8. The second-order valence-corrected chi connectivity index (χ2v) is 9.22. The molecule has 1 atom stereocenters. The molecule has 1 aromatic carbocycles. The molecule has 2 aliphatic rings. The number of benzene rings is 1. The first-order chi connectivity index (χ1) is 11.8. The summed E-state index contributed by atoms with van der Waals surface area (Å²) >= 11 is 1.74. The predicted molar refractivity (Wildman–Crippen MR) is 103 cm³/mol. The summed E-state index contributed by atoms with van der Waals surface area (Å²) in [5, 5.41) is 7.70. The topological polar surface area (TPSA) is 44.4 Å². The van der Waals surface area contributed by atoms with E-state index in [4.69, 9.17) is 0 Å². The Labute approximate surface area is 153 Å². The zero-order valence-corrected chi connectivity index (χ0v) is 16.1. The lowest BCUT2D eigenvalue weighted by Crippen LogP contribution is -2.38. The smallest absolute Gasteiger partial charge is 0.256 e. The number of likely N-dealkylation sites (N-methyl/N-ethyl adjacent to an activating group) is 1. The molecule has 2 aliphatic heterocycles. The van der Waals surface area contributed by atoms with Crippen molar-refractivity contribution in [2.24, 2.45) is 0 Å². The molecule has 0 saturated heterocycles. The fraction of sp³-hybridized carbons (Fsp3) is 0.450. The molecule has 132 valence electrons. The number of rotatable bonds is 1. The van der Waals surface area contributed by atoms with Gasteiger partial charge in [-0.2, -0.15) is 0 Å². The van der Waals surface area contributed by atoms with E-state index in [1.54, 1.807) is 11.3 Å². The molecule has 1 amide bonds. The maximum Gasteiger partial charge on any atom is 0.256 e. The van der Waals surface area contributed by atoms with Gasteiger partial charge in [0.05, 0.1) is 5.56 Å². The van der Waals surface area contributed by atoms with Gasteiger partial charge in [0, 0.05) is 18.0 Å². The minimum Gasteiger partial charge on any atom is -0.353 e. The van der Waals surface area contributed by atoms with E-state index in [0.29, 0.717) is 0 Å². The first-order valence-electron chi connectivity index (χ1n) is 8.84. The van der Waals surface area contributed by atoms with Gasteiger partial charge in [-0.15, -0.1) is 11.3 Å². The molecule has 0 aliphatic carbocycles. The van der Waals surface area contributed by atoms with Crippen molar-refractivity contribution in [2.45, 2.75) is 45.3 Å². The van der Waals surface area contributed by atoms with Gasteiger partial charge in [-0.3, -0.25) is 4.79 Å². The first-order valence-corrected chi connectivity index (χ1v) is 9.65. The Morgan fingerprint density at radius 2 is 1.88 bits per heavy atom. The summed E-state index contributed by atoms with van der Waals surface area (Å²) in [4.78, 5) is 16.4. The zero-order valence-electron chi connectivity index (χ0n) is 15.3. The number of anilines is 1. The molecular weight excluding hydrogens is 330 g/mol. The van der Waals surface area contributed by atoms with Gasteiger partial charge in [-0.25, -0.2) is 0 Å². The molecule has 0 saturated carbocycles. The largest absolute Gasteiger partial charge is 0.353 e. The van der Waals surface area contributed by atoms with Gasteiger partial charge in [0.15, 0.2) is 0 Å². The second-order valence-electron chi connectivity index (χ2n) is 8.12. The molecule has 4 rings (SSSR count). The van der Waals surface area contributed by atoms with E-state index in [0.717, 1.165) is 35.6 Å². The van der Waals surface area contributed by atoms with Crippen LogP contribution in [0.1, 0.15) is 58.9 Å². The van der Waals surface area contributed by atoms with Crippen LogP contribution in [-0.4, -0.2) is 24.4 Å². The molecule has 0 radical (unpaired) electrons. The van der Waals surface area contributed by atoms with Crippen LogP contribution in [0.2, 0.25) is 0 Å². The number of carbonyl (C=O) groups is 1. The van der Waals surface area contributed by atoms with Crippen molar-refractivity contribution in [3.8, 4) is 0 Å². The van der Waals surface area contributed by atoms with Crippen LogP contribution in [-0.2, 0) is 18.4 Å². The van der Waals surface area contributed by atoms with Crippen molar-refractivity contribution in [3.63, 3.8) is 0 Å². The highest BCUT2D eigenvalue weighted by Gasteiger charge is 2.32. The Balaban J connectivity index is 1.63. The number of carbonyl (C=O) groups excluding carboxylic acids is 1. The third-order valence-corrected chi connectivity index (χ3v) is 6.28. The van der Waals surface area contributed by atoms with E-state index >= 15 is 0 Å². The average Bonchev–Trinajstić information content (AvgIpc) is 2.91. The van der Waals surface area contributed by atoms with Gasteiger partial charge < -0.3 is 15.5 Å². The second kappa shape index (κ2) is 5.85. The molecular formula is C20H25N3OS. The maximum atomic E-state index is 12.8. The van der Waals surface area contributed by atoms with Gasteiger partial charge in [-0.05, 0) is 35.6 Å². The minimum absolute atomic E-state index is 0.0562. The van der Waals surface area contributed by atoms with E-state index in [9.17, 15) is 4.79 Å². The molecule has 5 heteroatoms. The van der Waals surface area contributed by atoms with Gasteiger partial charge in [0.1, 0.15) is 11.2 Å². The molecule has 1 aromatic heterocycles. The van der Waals surface area contributed by atoms with E-state index < -0.39 is 0 Å². The standard InChI is InChI=1S/C20H25N3OS/c1-20(2,3)13-7-5-12(6-8-13)17-21-18(24)16-14-9-10-23(4)11-15(14)25-19(16)22-17/h5-8,17,22H,9-11H2,1-4H3,(H,21,24)/t17-/m0/s1. The van der Waals surface area contributed by atoms with E-state index in [-0.39, 0.29) is 17.5 Å². The summed E-state index contributed by atoms with van der Waals surface area (Å²) in [6.45, 7) is 8.58. The Bertz CT molecular complexity index is 817. The SMILES string of the molecule is CN1CCc2c(sc3c2C(=O)N[C@H](c2ccc(C(C)(C)C)cc2)N3)C1. The molecule has 0 bridgehead atoms. The van der Waals surface area contributed by atoms with Crippen LogP contribution in [0.4, 0.5) is 5.00 Å². The normalized spacial score (nSPS) is 20.5. The fourth-order valence-corrected chi connectivity index (χ4v) is 4.94. The molecule has 2 N–H and O–H groups in total. The van der Waals surface area contributed by atoms with Crippen LogP contribution in [0.5, 0.6) is 0 Å². The van der Waals surface area contributed by atoms with E-state index in [2.05, 4.69) is 67.6 Å². The predicted octanol–water partition coefficient (Wildman–Crippen LogP) is 3.89. The quantitative estimate of drug-likeness (QED) is 0.816.